The van der Waals surface area contributed by atoms with Gasteiger partial charge >= 0.3 is 5.97 Å². The molecule has 0 fully saturated rings. The fourth-order valence-corrected chi connectivity index (χ4v) is 9.64. The Bertz CT molecular complexity index is 1000. The highest BCUT2D eigenvalue weighted by Crippen LogP contribution is 2.18. The lowest BCUT2D eigenvalue weighted by Gasteiger charge is -2.22. The van der Waals surface area contributed by atoms with Gasteiger partial charge in [-0.25, -0.2) is 0 Å². The van der Waals surface area contributed by atoms with E-state index >= 15 is 0 Å². The van der Waals surface area contributed by atoms with Crippen molar-refractivity contribution in [3.8, 4) is 0 Å². The van der Waals surface area contributed by atoms with E-state index in [0.717, 1.165) is 44.9 Å². The summed E-state index contributed by atoms with van der Waals surface area (Å²) >= 11 is 0. The van der Waals surface area contributed by atoms with Gasteiger partial charge in [-0.15, -0.1) is 0 Å². The summed E-state index contributed by atoms with van der Waals surface area (Å²) in [5.41, 5.74) is 0. The number of hydrogen-bond donors (Lipinski definition) is 3. The van der Waals surface area contributed by atoms with Gasteiger partial charge in [-0.2, -0.15) is 0 Å². The molecule has 0 aliphatic carbocycles. The van der Waals surface area contributed by atoms with Crippen LogP contribution in [0.2, 0.25) is 0 Å². The Morgan fingerprint density at radius 2 is 0.701 bits per heavy atom. The van der Waals surface area contributed by atoms with Crippen molar-refractivity contribution in [1.29, 1.82) is 0 Å². The number of aliphatic hydroxyl groups is 2. The molecule has 0 radical (unpaired) electrons. The van der Waals surface area contributed by atoms with E-state index < -0.39 is 12.1 Å². The van der Waals surface area contributed by atoms with Gasteiger partial charge in [-0.05, 0) is 51.4 Å². The van der Waals surface area contributed by atoms with Gasteiger partial charge in [0.15, 0.2) is 0 Å². The Hall–Kier alpha value is -1.40. The molecule has 6 heteroatoms. The number of unbranched alkanes of at least 4 members (excludes halogenated alkanes) is 44. The molecule has 6 nitrogen and oxygen atoms in total. The van der Waals surface area contributed by atoms with Crippen LogP contribution >= 0.6 is 0 Å². The molecule has 2 unspecified atom stereocenters. The van der Waals surface area contributed by atoms with Crippen LogP contribution in [0, 0.1) is 0 Å². The van der Waals surface area contributed by atoms with Gasteiger partial charge in [0.1, 0.15) is 0 Å². The first-order valence-electron chi connectivity index (χ1n) is 30.4. The monoisotopic (exact) mass is 946 g/mol. The summed E-state index contributed by atoms with van der Waals surface area (Å²) in [4.78, 5) is 24.5. The summed E-state index contributed by atoms with van der Waals surface area (Å²) in [7, 11) is 0. The largest absolute Gasteiger partial charge is 0.466 e. The molecule has 0 heterocycles. The molecule has 1 amide bonds. The Labute approximate surface area is 419 Å². The molecule has 0 aromatic rings. The number of rotatable bonds is 57. The van der Waals surface area contributed by atoms with Crippen LogP contribution in [0.3, 0.4) is 0 Å². The molecule has 67 heavy (non-hydrogen) atoms. The summed E-state index contributed by atoms with van der Waals surface area (Å²) in [6, 6.07) is -0.546. The van der Waals surface area contributed by atoms with Crippen LogP contribution in [-0.4, -0.2) is 47.4 Å². The maximum absolute atomic E-state index is 12.5. The van der Waals surface area contributed by atoms with Crippen molar-refractivity contribution in [1.82, 2.24) is 5.32 Å². The van der Waals surface area contributed by atoms with Crippen LogP contribution in [-0.2, 0) is 14.3 Å². The van der Waals surface area contributed by atoms with E-state index in [4.69, 9.17) is 4.74 Å². The van der Waals surface area contributed by atoms with E-state index in [2.05, 4.69) is 31.3 Å². The molecule has 0 spiro atoms. The normalized spacial score (nSPS) is 12.6. The standard InChI is InChI=1S/C61H119NO5/c1-3-5-7-9-11-13-15-17-18-19-20-21-22-24-27-30-33-37-41-45-49-53-59(64)58(57-63)62-60(65)54-50-46-42-38-34-31-28-25-23-26-29-32-36-40-44-48-52-56-67-61(66)55-51-47-43-39-35-16-14-12-10-8-6-4-2/h12,14,58-59,63-64H,3-11,13,15-57H2,1-2H3,(H,62,65)/b14-12-. The van der Waals surface area contributed by atoms with Gasteiger partial charge in [-0.3, -0.25) is 9.59 Å². The van der Waals surface area contributed by atoms with Crippen molar-refractivity contribution >= 4 is 11.9 Å². The van der Waals surface area contributed by atoms with Crippen molar-refractivity contribution in [2.24, 2.45) is 0 Å². The van der Waals surface area contributed by atoms with Gasteiger partial charge in [-0.1, -0.05) is 289 Å². The SMILES string of the molecule is CCCCC/C=C\CCCCCCCC(=O)OCCCCCCCCCCCCCCCCCCCC(=O)NC(CO)C(O)CCCCCCCCCCCCCCCCCCCCCCC. The minimum Gasteiger partial charge on any atom is -0.466 e. The first-order valence-corrected chi connectivity index (χ1v) is 30.4. The molecule has 0 rings (SSSR count). The molecular formula is C61H119NO5. The van der Waals surface area contributed by atoms with Gasteiger partial charge in [0.25, 0.3) is 0 Å². The topological polar surface area (TPSA) is 95.9 Å². The molecule has 0 bridgehead atoms. The van der Waals surface area contributed by atoms with Gasteiger partial charge in [0.05, 0.1) is 25.4 Å². The predicted octanol–water partition coefficient (Wildman–Crippen LogP) is 18.9. The Kier molecular flexibility index (Phi) is 56.0. The van der Waals surface area contributed by atoms with Crippen LogP contribution < -0.4 is 5.32 Å². The number of ether oxygens (including phenoxy) is 1. The third-order valence-electron chi connectivity index (χ3n) is 14.3. The van der Waals surface area contributed by atoms with Crippen LogP contribution in [0.1, 0.15) is 341 Å². The summed E-state index contributed by atoms with van der Waals surface area (Å²) in [5.74, 6) is -0.0405. The summed E-state index contributed by atoms with van der Waals surface area (Å²) < 4.78 is 5.46. The Morgan fingerprint density at radius 1 is 0.403 bits per heavy atom. The predicted molar refractivity (Wildman–Crippen MR) is 292 cm³/mol. The lowest BCUT2D eigenvalue weighted by atomic mass is 10.0. The molecule has 0 saturated carbocycles. The zero-order valence-corrected chi connectivity index (χ0v) is 45.4. The highest BCUT2D eigenvalue weighted by atomic mass is 16.5. The second-order valence-electron chi connectivity index (χ2n) is 21.0. The quantitative estimate of drug-likeness (QED) is 0.0321. The Balaban J connectivity index is 3.42. The van der Waals surface area contributed by atoms with Crippen molar-refractivity contribution in [3.63, 3.8) is 0 Å². The first kappa shape index (κ1) is 65.6. The second kappa shape index (κ2) is 57.2. The third-order valence-corrected chi connectivity index (χ3v) is 14.3. The van der Waals surface area contributed by atoms with E-state index in [-0.39, 0.29) is 18.5 Å². The molecule has 398 valence electrons. The molecular weight excluding hydrogens is 827 g/mol. The summed E-state index contributed by atoms with van der Waals surface area (Å²) in [6.07, 6.45) is 67.8. The van der Waals surface area contributed by atoms with Crippen molar-refractivity contribution in [2.45, 2.75) is 353 Å². The van der Waals surface area contributed by atoms with Gasteiger partial charge in [0, 0.05) is 12.8 Å². The van der Waals surface area contributed by atoms with Crippen LogP contribution in [0.4, 0.5) is 0 Å². The Morgan fingerprint density at radius 3 is 1.09 bits per heavy atom. The molecule has 0 aliphatic heterocycles. The maximum atomic E-state index is 12.5. The number of carbonyl (C=O) groups excluding carboxylic acids is 2. The van der Waals surface area contributed by atoms with Crippen LogP contribution in [0.5, 0.6) is 0 Å². The fraction of sp³-hybridized carbons (Fsp3) is 0.934. The molecule has 0 aromatic heterocycles. The molecule has 0 aromatic carbocycles. The van der Waals surface area contributed by atoms with E-state index in [1.54, 1.807) is 0 Å². The average Bonchev–Trinajstić information content (AvgIpc) is 3.33. The van der Waals surface area contributed by atoms with Crippen LogP contribution in [0.25, 0.3) is 0 Å². The number of esters is 1. The highest BCUT2D eigenvalue weighted by molar-refractivity contribution is 5.76. The average molecular weight is 947 g/mol. The maximum Gasteiger partial charge on any atom is 0.305 e. The van der Waals surface area contributed by atoms with E-state index in [1.807, 2.05) is 0 Å². The number of hydrogen-bond acceptors (Lipinski definition) is 5. The second-order valence-corrected chi connectivity index (χ2v) is 21.0. The van der Waals surface area contributed by atoms with Crippen molar-refractivity contribution in [2.75, 3.05) is 13.2 Å². The minimum absolute atomic E-state index is 0.00380. The number of nitrogens with one attached hydrogen (secondary N) is 1. The first-order chi connectivity index (χ1) is 33.0. The molecule has 0 aliphatic rings. The van der Waals surface area contributed by atoms with Gasteiger partial charge < -0.3 is 20.3 Å². The van der Waals surface area contributed by atoms with E-state index in [9.17, 15) is 19.8 Å². The molecule has 0 saturated heterocycles. The zero-order chi connectivity index (χ0) is 48.6. The minimum atomic E-state index is -0.668. The highest BCUT2D eigenvalue weighted by Gasteiger charge is 2.20. The number of amides is 1. The van der Waals surface area contributed by atoms with E-state index in [0.29, 0.717) is 25.9 Å². The van der Waals surface area contributed by atoms with Crippen LogP contribution in [0.15, 0.2) is 12.2 Å². The van der Waals surface area contributed by atoms with Crippen molar-refractivity contribution < 1.29 is 24.5 Å². The lowest BCUT2D eigenvalue weighted by molar-refractivity contribution is -0.143. The zero-order valence-electron chi connectivity index (χ0n) is 45.4. The molecule has 2 atom stereocenters. The van der Waals surface area contributed by atoms with Gasteiger partial charge in [0.2, 0.25) is 5.91 Å². The fourth-order valence-electron chi connectivity index (χ4n) is 9.64. The number of carbonyl (C=O) groups is 2. The molecule has 3 N–H and O–H groups in total. The number of aliphatic hydroxyl groups excluding tert-OH is 2. The van der Waals surface area contributed by atoms with E-state index in [1.165, 1.54) is 263 Å². The summed E-state index contributed by atoms with van der Waals surface area (Å²) in [6.45, 7) is 4.94. The number of allylic oxidation sites excluding steroid dienone is 2. The smallest absolute Gasteiger partial charge is 0.305 e. The third kappa shape index (κ3) is 53.8. The van der Waals surface area contributed by atoms with Crippen molar-refractivity contribution in [3.05, 3.63) is 12.2 Å². The lowest BCUT2D eigenvalue weighted by Crippen LogP contribution is -2.45. The summed E-state index contributed by atoms with van der Waals surface area (Å²) in [5, 5.41) is 23.4.